The topological polar surface area (TPSA) is 43.8 Å². The highest BCUT2D eigenvalue weighted by atomic mass is 16.4. The van der Waals surface area contributed by atoms with Crippen LogP contribution in [0, 0.1) is 0 Å². The van der Waals surface area contributed by atoms with Crippen molar-refractivity contribution in [3.8, 4) is 0 Å². The molecule has 1 heterocycles. The van der Waals surface area contributed by atoms with Crippen molar-refractivity contribution >= 4 is 6.09 Å². The molecule has 0 saturated carbocycles. The van der Waals surface area contributed by atoms with Gasteiger partial charge in [0, 0.05) is 32.7 Å². The maximum Gasteiger partial charge on any atom is 0.407 e. The molecule has 1 N–H and O–H groups in total. The summed E-state index contributed by atoms with van der Waals surface area (Å²) in [6.07, 6.45) is 0.245. The number of benzene rings is 1. The van der Waals surface area contributed by atoms with Crippen molar-refractivity contribution in [1.82, 2.24) is 9.80 Å². The molecule has 1 aliphatic heterocycles. The van der Waals surface area contributed by atoms with Gasteiger partial charge in [-0.2, -0.15) is 0 Å². The predicted molar refractivity (Wildman–Crippen MR) is 70.7 cm³/mol. The second-order valence-corrected chi connectivity index (χ2v) is 4.67. The molecule has 18 heavy (non-hydrogen) atoms. The molecule has 4 heteroatoms. The molecule has 98 valence electrons. The van der Waals surface area contributed by atoms with Crippen LogP contribution in [0.2, 0.25) is 0 Å². The van der Waals surface area contributed by atoms with E-state index in [0.29, 0.717) is 13.1 Å². The third kappa shape index (κ3) is 3.01. The average molecular weight is 248 g/mol. The van der Waals surface area contributed by atoms with E-state index in [0.717, 1.165) is 26.1 Å². The maximum absolute atomic E-state index is 10.8. The molecule has 2 rings (SSSR count). The molecule has 0 aliphatic carbocycles. The Morgan fingerprint density at radius 2 is 1.78 bits per heavy atom. The predicted octanol–water partition coefficient (Wildman–Crippen LogP) is 2.04. The second kappa shape index (κ2) is 5.87. The number of carbonyl (C=O) groups is 1. The Morgan fingerprint density at radius 3 is 2.33 bits per heavy atom. The normalized spacial score (nSPS) is 16.8. The summed E-state index contributed by atoms with van der Waals surface area (Å²) in [5.74, 6) is 0. The first kappa shape index (κ1) is 12.9. The summed E-state index contributed by atoms with van der Waals surface area (Å²) in [5, 5.41) is 8.90. The molecule has 4 nitrogen and oxygen atoms in total. The molecule has 1 saturated heterocycles. The van der Waals surface area contributed by atoms with Gasteiger partial charge in [0.15, 0.2) is 0 Å². The SMILES string of the molecule is CCc1ccccc1CN1CCN(C(=O)O)CC1. The number of hydrogen-bond acceptors (Lipinski definition) is 2. The molecule has 0 unspecified atom stereocenters. The average Bonchev–Trinajstić information content (AvgIpc) is 2.40. The van der Waals surface area contributed by atoms with E-state index in [1.54, 1.807) is 0 Å². The van der Waals surface area contributed by atoms with Crippen LogP contribution in [0.4, 0.5) is 4.79 Å². The summed E-state index contributed by atoms with van der Waals surface area (Å²) < 4.78 is 0. The molecule has 1 amide bonds. The van der Waals surface area contributed by atoms with Crippen molar-refractivity contribution in [3.63, 3.8) is 0 Å². The summed E-state index contributed by atoms with van der Waals surface area (Å²) in [6.45, 7) is 5.97. The molecule has 0 spiro atoms. The van der Waals surface area contributed by atoms with Gasteiger partial charge in [-0.1, -0.05) is 31.2 Å². The lowest BCUT2D eigenvalue weighted by molar-refractivity contribution is 0.103. The van der Waals surface area contributed by atoms with Gasteiger partial charge >= 0.3 is 6.09 Å². The van der Waals surface area contributed by atoms with Crippen LogP contribution in [0.25, 0.3) is 0 Å². The van der Waals surface area contributed by atoms with Crippen molar-refractivity contribution in [1.29, 1.82) is 0 Å². The van der Waals surface area contributed by atoms with Crippen LogP contribution in [0.5, 0.6) is 0 Å². The van der Waals surface area contributed by atoms with Crippen LogP contribution >= 0.6 is 0 Å². The molecule has 1 aromatic rings. The van der Waals surface area contributed by atoms with Gasteiger partial charge in [0.2, 0.25) is 0 Å². The third-order valence-electron chi connectivity index (χ3n) is 3.54. The van der Waals surface area contributed by atoms with E-state index in [9.17, 15) is 4.79 Å². The number of carboxylic acid groups (broad SMARTS) is 1. The van der Waals surface area contributed by atoms with Gasteiger partial charge in [-0.25, -0.2) is 4.79 Å². The number of piperazine rings is 1. The molecular formula is C14H20N2O2. The number of rotatable bonds is 3. The van der Waals surface area contributed by atoms with Crippen molar-refractivity contribution in [2.24, 2.45) is 0 Å². The molecule has 0 atom stereocenters. The lowest BCUT2D eigenvalue weighted by Gasteiger charge is -2.33. The second-order valence-electron chi connectivity index (χ2n) is 4.67. The summed E-state index contributed by atoms with van der Waals surface area (Å²) in [7, 11) is 0. The van der Waals surface area contributed by atoms with Crippen LogP contribution in [0.3, 0.4) is 0 Å². The Labute approximate surface area is 108 Å². The Kier molecular flexibility index (Phi) is 4.20. The lowest BCUT2D eigenvalue weighted by atomic mass is 10.0. The van der Waals surface area contributed by atoms with Crippen LogP contribution in [0.1, 0.15) is 18.1 Å². The van der Waals surface area contributed by atoms with E-state index < -0.39 is 6.09 Å². The maximum atomic E-state index is 10.8. The largest absolute Gasteiger partial charge is 0.465 e. The fourth-order valence-corrected chi connectivity index (χ4v) is 2.39. The van der Waals surface area contributed by atoms with Gasteiger partial charge in [-0.05, 0) is 17.5 Å². The Morgan fingerprint density at radius 1 is 1.17 bits per heavy atom. The number of amides is 1. The summed E-state index contributed by atoms with van der Waals surface area (Å²) in [6, 6.07) is 8.48. The van der Waals surface area contributed by atoms with Gasteiger partial charge in [0.25, 0.3) is 0 Å². The zero-order valence-corrected chi connectivity index (χ0v) is 10.8. The lowest BCUT2D eigenvalue weighted by Crippen LogP contribution is -2.47. The first-order valence-electron chi connectivity index (χ1n) is 6.47. The van der Waals surface area contributed by atoms with E-state index in [1.165, 1.54) is 16.0 Å². The smallest absolute Gasteiger partial charge is 0.407 e. The highest BCUT2D eigenvalue weighted by Gasteiger charge is 2.20. The Balaban J connectivity index is 1.93. The zero-order chi connectivity index (χ0) is 13.0. The quantitative estimate of drug-likeness (QED) is 0.890. The fourth-order valence-electron chi connectivity index (χ4n) is 2.39. The van der Waals surface area contributed by atoms with Crippen molar-refractivity contribution in [3.05, 3.63) is 35.4 Å². The minimum absolute atomic E-state index is 0.615. The highest BCUT2D eigenvalue weighted by molar-refractivity contribution is 5.65. The highest BCUT2D eigenvalue weighted by Crippen LogP contribution is 2.14. The number of nitrogens with zero attached hydrogens (tertiary/aromatic N) is 2. The van der Waals surface area contributed by atoms with Gasteiger partial charge in [-0.15, -0.1) is 0 Å². The minimum Gasteiger partial charge on any atom is -0.465 e. The van der Waals surface area contributed by atoms with Crippen LogP contribution < -0.4 is 0 Å². The first-order valence-corrected chi connectivity index (χ1v) is 6.47. The Bertz CT molecular complexity index is 412. The monoisotopic (exact) mass is 248 g/mol. The molecule has 0 radical (unpaired) electrons. The molecule has 1 fully saturated rings. The summed E-state index contributed by atoms with van der Waals surface area (Å²) in [4.78, 5) is 14.6. The number of hydrogen-bond donors (Lipinski definition) is 1. The van der Waals surface area contributed by atoms with Crippen molar-refractivity contribution in [2.45, 2.75) is 19.9 Å². The molecule has 0 bridgehead atoms. The standard InChI is InChI=1S/C14H20N2O2/c1-2-12-5-3-4-6-13(12)11-15-7-9-16(10-8-15)14(17)18/h3-6H,2,7-11H2,1H3,(H,17,18). The summed E-state index contributed by atoms with van der Waals surface area (Å²) >= 11 is 0. The van der Waals surface area contributed by atoms with Gasteiger partial charge in [0.1, 0.15) is 0 Å². The van der Waals surface area contributed by atoms with Gasteiger partial charge in [-0.3, -0.25) is 4.90 Å². The van der Waals surface area contributed by atoms with E-state index in [2.05, 4.69) is 36.1 Å². The molecule has 1 aromatic carbocycles. The van der Waals surface area contributed by atoms with E-state index in [1.807, 2.05) is 0 Å². The Hall–Kier alpha value is -1.55. The molecule has 0 aromatic heterocycles. The van der Waals surface area contributed by atoms with E-state index in [4.69, 9.17) is 5.11 Å². The fraction of sp³-hybridized carbons (Fsp3) is 0.500. The van der Waals surface area contributed by atoms with Gasteiger partial charge in [0.05, 0.1) is 0 Å². The summed E-state index contributed by atoms with van der Waals surface area (Å²) in [5.41, 5.74) is 2.75. The minimum atomic E-state index is -0.802. The first-order chi connectivity index (χ1) is 8.70. The van der Waals surface area contributed by atoms with E-state index in [-0.39, 0.29) is 0 Å². The van der Waals surface area contributed by atoms with Crippen LogP contribution in [-0.4, -0.2) is 47.2 Å². The third-order valence-corrected chi connectivity index (χ3v) is 3.54. The number of aryl methyl sites for hydroxylation is 1. The van der Waals surface area contributed by atoms with Crippen molar-refractivity contribution in [2.75, 3.05) is 26.2 Å². The van der Waals surface area contributed by atoms with Crippen LogP contribution in [-0.2, 0) is 13.0 Å². The van der Waals surface area contributed by atoms with Gasteiger partial charge < -0.3 is 10.0 Å². The van der Waals surface area contributed by atoms with Crippen molar-refractivity contribution < 1.29 is 9.90 Å². The zero-order valence-electron chi connectivity index (χ0n) is 10.8. The van der Waals surface area contributed by atoms with Crippen LogP contribution in [0.15, 0.2) is 24.3 Å². The molecular weight excluding hydrogens is 228 g/mol. The van der Waals surface area contributed by atoms with E-state index >= 15 is 0 Å². The molecule has 1 aliphatic rings.